The number of hydrogen-bond donors (Lipinski definition) is 1. The molecule has 0 radical (unpaired) electrons. The van der Waals surface area contributed by atoms with Gasteiger partial charge in [-0.15, -0.1) is 0 Å². The van der Waals surface area contributed by atoms with E-state index in [9.17, 15) is 9.90 Å². The lowest BCUT2D eigenvalue weighted by Gasteiger charge is -2.64. The third kappa shape index (κ3) is 3.11. The second kappa shape index (κ2) is 6.70. The van der Waals surface area contributed by atoms with Crippen LogP contribution in [0.1, 0.15) is 72.3 Å². The molecule has 2 aliphatic carbocycles. The molecule has 2 fully saturated rings. The minimum atomic E-state index is -0.775. The summed E-state index contributed by atoms with van der Waals surface area (Å²) >= 11 is 0. The third-order valence-corrected chi connectivity index (χ3v) is 7.50. The van der Waals surface area contributed by atoms with Gasteiger partial charge in [0.05, 0.1) is 18.1 Å². The third-order valence-electron chi connectivity index (χ3n) is 7.50. The average molecular weight is 363 g/mol. The monoisotopic (exact) mass is 362 g/mol. The van der Waals surface area contributed by atoms with E-state index < -0.39 is 5.60 Å². The lowest BCUT2D eigenvalue weighted by molar-refractivity contribution is -0.249. The molecule has 1 aromatic heterocycles. The Bertz CT molecular complexity index is 635. The van der Waals surface area contributed by atoms with Crippen molar-refractivity contribution in [3.63, 3.8) is 0 Å². The van der Waals surface area contributed by atoms with Crippen molar-refractivity contribution < 1.29 is 19.1 Å². The quantitative estimate of drug-likeness (QED) is 0.786. The fourth-order valence-corrected chi connectivity index (χ4v) is 6.36. The molecule has 0 aliphatic heterocycles. The van der Waals surface area contributed by atoms with Gasteiger partial charge in [-0.05, 0) is 55.1 Å². The molecular formula is C22H34O4. The fraction of sp³-hybridized carbons (Fsp3) is 0.773. The molecule has 2 aliphatic rings. The van der Waals surface area contributed by atoms with Crippen molar-refractivity contribution in [3.05, 3.63) is 24.2 Å². The van der Waals surface area contributed by atoms with E-state index in [2.05, 4.69) is 27.7 Å². The van der Waals surface area contributed by atoms with Crippen LogP contribution in [0.4, 0.5) is 0 Å². The first kappa shape index (κ1) is 19.5. The number of furan rings is 1. The predicted octanol–water partition coefficient (Wildman–Crippen LogP) is 4.75. The Hall–Kier alpha value is -1.29. The largest absolute Gasteiger partial charge is 0.472 e. The SMILES string of the molecule is CC(=O)O[C@@H]1C[C@@H](C)[C@](O)(CCc2ccoc2)[C@@]2(C)CCCC(C)(C)[C@H]12. The van der Waals surface area contributed by atoms with Crippen molar-refractivity contribution in [2.75, 3.05) is 0 Å². The van der Waals surface area contributed by atoms with Crippen LogP contribution in [0.25, 0.3) is 0 Å². The molecule has 0 unspecified atom stereocenters. The average Bonchev–Trinajstić information content (AvgIpc) is 3.03. The van der Waals surface area contributed by atoms with Gasteiger partial charge in [0.2, 0.25) is 0 Å². The van der Waals surface area contributed by atoms with Crippen molar-refractivity contribution in [3.8, 4) is 0 Å². The van der Waals surface area contributed by atoms with E-state index in [1.807, 2.05) is 6.07 Å². The lowest BCUT2D eigenvalue weighted by atomic mass is 9.43. The van der Waals surface area contributed by atoms with E-state index in [0.717, 1.165) is 37.7 Å². The van der Waals surface area contributed by atoms with E-state index in [0.29, 0.717) is 6.42 Å². The van der Waals surface area contributed by atoms with Crippen molar-refractivity contribution in [2.45, 2.75) is 84.8 Å². The van der Waals surface area contributed by atoms with Crippen LogP contribution < -0.4 is 0 Å². The summed E-state index contributed by atoms with van der Waals surface area (Å²) in [4.78, 5) is 11.8. The highest BCUT2D eigenvalue weighted by Gasteiger charge is 2.64. The summed E-state index contributed by atoms with van der Waals surface area (Å²) in [6.45, 7) is 10.4. The number of carbonyl (C=O) groups excluding carboxylic acids is 1. The van der Waals surface area contributed by atoms with Gasteiger partial charge in [-0.1, -0.05) is 34.1 Å². The highest BCUT2D eigenvalue weighted by molar-refractivity contribution is 5.66. The van der Waals surface area contributed by atoms with E-state index in [1.165, 1.54) is 6.92 Å². The number of aliphatic hydroxyl groups is 1. The Labute approximate surface area is 157 Å². The summed E-state index contributed by atoms with van der Waals surface area (Å²) < 4.78 is 11.0. The zero-order valence-electron chi connectivity index (χ0n) is 16.9. The van der Waals surface area contributed by atoms with E-state index in [4.69, 9.17) is 9.15 Å². The first-order valence-corrected chi connectivity index (χ1v) is 10.0. The maximum absolute atomic E-state index is 12.0. The molecule has 0 aromatic carbocycles. The summed E-state index contributed by atoms with van der Waals surface area (Å²) in [5.41, 5.74) is 0.124. The van der Waals surface area contributed by atoms with Crippen molar-refractivity contribution in [1.82, 2.24) is 0 Å². The van der Waals surface area contributed by atoms with Crippen molar-refractivity contribution in [2.24, 2.45) is 22.7 Å². The first-order chi connectivity index (χ1) is 12.1. The molecule has 0 saturated heterocycles. The molecule has 0 bridgehead atoms. The van der Waals surface area contributed by atoms with E-state index >= 15 is 0 Å². The second-order valence-corrected chi connectivity index (χ2v) is 9.58. The molecule has 0 amide bonds. The Balaban J connectivity index is 1.96. The Morgan fingerprint density at radius 1 is 1.35 bits per heavy atom. The molecular weight excluding hydrogens is 328 g/mol. The van der Waals surface area contributed by atoms with Gasteiger partial charge in [-0.25, -0.2) is 0 Å². The summed E-state index contributed by atoms with van der Waals surface area (Å²) in [5, 5.41) is 12.0. The Kier molecular flexibility index (Phi) is 5.02. The molecule has 4 heteroatoms. The first-order valence-electron chi connectivity index (χ1n) is 10.0. The zero-order valence-corrected chi connectivity index (χ0v) is 16.9. The van der Waals surface area contributed by atoms with Gasteiger partial charge >= 0.3 is 5.97 Å². The van der Waals surface area contributed by atoms with Crippen molar-refractivity contribution >= 4 is 5.97 Å². The van der Waals surface area contributed by atoms with Crippen LogP contribution in [-0.2, 0) is 16.0 Å². The van der Waals surface area contributed by atoms with Crippen LogP contribution in [-0.4, -0.2) is 22.8 Å². The van der Waals surface area contributed by atoms with Gasteiger partial charge in [-0.3, -0.25) is 4.79 Å². The number of ether oxygens (including phenoxy) is 1. The van der Waals surface area contributed by atoms with Crippen LogP contribution in [0.2, 0.25) is 0 Å². The van der Waals surface area contributed by atoms with E-state index in [-0.39, 0.29) is 34.7 Å². The van der Waals surface area contributed by atoms with Gasteiger partial charge in [0.15, 0.2) is 0 Å². The Morgan fingerprint density at radius 2 is 2.08 bits per heavy atom. The highest BCUT2D eigenvalue weighted by atomic mass is 16.5. The molecule has 4 nitrogen and oxygen atoms in total. The zero-order chi connectivity index (χ0) is 19.2. The minimum absolute atomic E-state index is 0.0386. The molecule has 1 heterocycles. The molecule has 146 valence electrons. The lowest BCUT2D eigenvalue weighted by Crippen LogP contribution is -2.66. The fourth-order valence-electron chi connectivity index (χ4n) is 6.36. The second-order valence-electron chi connectivity index (χ2n) is 9.58. The molecule has 5 atom stereocenters. The normalized spacial score (nSPS) is 39.2. The number of aryl methyl sites for hydroxylation is 1. The van der Waals surface area contributed by atoms with E-state index in [1.54, 1.807) is 12.5 Å². The topological polar surface area (TPSA) is 59.7 Å². The standard InChI is InChI=1S/C22H34O4/c1-15-13-18(26-16(2)23)19-20(3,4)9-6-10-21(19,5)22(15,24)11-7-17-8-12-25-14-17/h8,12,14-15,18-19,24H,6-7,9-11,13H2,1-5H3/t15-,18-,19+,21+,22-/m1/s1. The van der Waals surface area contributed by atoms with Gasteiger partial charge in [0, 0.05) is 18.3 Å². The number of esters is 1. The molecule has 1 N–H and O–H groups in total. The van der Waals surface area contributed by atoms with Crippen LogP contribution in [0.3, 0.4) is 0 Å². The number of hydrogen-bond acceptors (Lipinski definition) is 4. The van der Waals surface area contributed by atoms with Crippen molar-refractivity contribution in [1.29, 1.82) is 0 Å². The van der Waals surface area contributed by atoms with Gasteiger partial charge in [0.25, 0.3) is 0 Å². The molecule has 2 saturated carbocycles. The van der Waals surface area contributed by atoms with Gasteiger partial charge < -0.3 is 14.3 Å². The molecule has 0 spiro atoms. The molecule has 26 heavy (non-hydrogen) atoms. The van der Waals surface area contributed by atoms with Crippen LogP contribution >= 0.6 is 0 Å². The van der Waals surface area contributed by atoms with Gasteiger partial charge in [0.1, 0.15) is 6.10 Å². The number of carbonyl (C=O) groups is 1. The smallest absolute Gasteiger partial charge is 0.302 e. The maximum atomic E-state index is 12.0. The highest BCUT2D eigenvalue weighted by Crippen LogP contribution is 2.64. The number of rotatable bonds is 4. The maximum Gasteiger partial charge on any atom is 0.302 e. The summed E-state index contributed by atoms with van der Waals surface area (Å²) in [7, 11) is 0. The minimum Gasteiger partial charge on any atom is -0.472 e. The van der Waals surface area contributed by atoms with Crippen LogP contribution in [0.5, 0.6) is 0 Å². The van der Waals surface area contributed by atoms with Gasteiger partial charge in [-0.2, -0.15) is 0 Å². The van der Waals surface area contributed by atoms with Crippen LogP contribution in [0.15, 0.2) is 23.0 Å². The summed E-state index contributed by atoms with van der Waals surface area (Å²) in [6, 6.07) is 1.98. The van der Waals surface area contributed by atoms with Crippen LogP contribution in [0, 0.1) is 22.7 Å². The Morgan fingerprint density at radius 3 is 2.69 bits per heavy atom. The number of fused-ring (bicyclic) bond motifs is 1. The summed E-state index contributed by atoms with van der Waals surface area (Å²) in [5.74, 6) is 0.0295. The molecule has 3 rings (SSSR count). The molecule has 1 aromatic rings. The predicted molar refractivity (Wildman–Crippen MR) is 101 cm³/mol. The summed E-state index contributed by atoms with van der Waals surface area (Å²) in [6.07, 6.45) is 8.78.